The summed E-state index contributed by atoms with van der Waals surface area (Å²) in [5.41, 5.74) is 4.51. The van der Waals surface area contributed by atoms with E-state index in [0.29, 0.717) is 14.3 Å². The van der Waals surface area contributed by atoms with Gasteiger partial charge in [-0.05, 0) is 68.6 Å². The summed E-state index contributed by atoms with van der Waals surface area (Å²) in [4.78, 5) is 4.68. The van der Waals surface area contributed by atoms with E-state index in [1.165, 1.54) is 16.4 Å². The summed E-state index contributed by atoms with van der Waals surface area (Å²) >= 11 is -0.556. The zero-order valence-electron chi connectivity index (χ0n) is 18.6. The summed E-state index contributed by atoms with van der Waals surface area (Å²) in [5, 5.41) is 12.8. The standard InChI is InChI=1S/C23H32NOP.2ClH.Ti/c1-15-9-10-19(17(11-15)14-24-23(6,7)8)26-20-13-18(22(3,4)5)12-16(2)21(20)25;;;/h9-14,25-26H,1-8H3;2*1H;/q;;;+2/p-2. The van der Waals surface area contributed by atoms with Gasteiger partial charge in [0.25, 0.3) is 0 Å². The second kappa shape index (κ2) is 11.3. The molecule has 0 aromatic heterocycles. The first-order valence-electron chi connectivity index (χ1n) is 9.51. The van der Waals surface area contributed by atoms with Crippen molar-refractivity contribution < 1.29 is 22.1 Å². The van der Waals surface area contributed by atoms with E-state index in [-0.39, 0.29) is 11.0 Å². The average Bonchev–Trinajstić information content (AvgIpc) is 2.57. The Balaban J connectivity index is 0.00000132. The Hall–Kier alpha value is -0.366. The molecule has 0 aliphatic rings. The fourth-order valence-electron chi connectivity index (χ4n) is 2.62. The normalized spacial score (nSPS) is 12.3. The molecule has 0 saturated carbocycles. The van der Waals surface area contributed by atoms with Gasteiger partial charge in [-0.3, -0.25) is 4.99 Å². The monoisotopic (exact) mass is 487 g/mol. The van der Waals surface area contributed by atoms with Crippen molar-refractivity contribution in [3.63, 3.8) is 0 Å². The van der Waals surface area contributed by atoms with E-state index < -0.39 is 17.0 Å². The molecule has 1 unspecified atom stereocenters. The third-order valence-corrected chi connectivity index (χ3v) is 5.61. The molecule has 0 saturated heterocycles. The molecule has 29 heavy (non-hydrogen) atoms. The molecule has 0 fully saturated rings. The van der Waals surface area contributed by atoms with Crippen LogP contribution < -0.4 is 10.6 Å². The van der Waals surface area contributed by atoms with Crippen LogP contribution in [0.5, 0.6) is 5.75 Å². The van der Waals surface area contributed by atoms with Crippen LogP contribution in [0.1, 0.15) is 63.8 Å². The first kappa shape index (κ1) is 26.7. The van der Waals surface area contributed by atoms with Gasteiger partial charge in [0, 0.05) is 17.1 Å². The van der Waals surface area contributed by atoms with E-state index >= 15 is 0 Å². The van der Waals surface area contributed by atoms with Crippen molar-refractivity contribution in [3.05, 3.63) is 52.6 Å². The van der Waals surface area contributed by atoms with Gasteiger partial charge >= 0.3 is 35.6 Å². The second-order valence-electron chi connectivity index (χ2n) is 9.16. The number of benzene rings is 2. The number of aryl methyl sites for hydroxylation is 2. The summed E-state index contributed by atoms with van der Waals surface area (Å²) in [6.07, 6.45) is 1.98. The van der Waals surface area contributed by atoms with Gasteiger partial charge < -0.3 is 5.11 Å². The Bertz CT molecular complexity index is 855. The molecule has 2 aromatic carbocycles. The van der Waals surface area contributed by atoms with Crippen molar-refractivity contribution in [1.82, 2.24) is 0 Å². The SMILES string of the molecule is Cc1ccc(Pc2cc(C(C)(C)C)cc(C)c2O)c(C=NC(C)(C)C)c1.[Cl][Ti][Cl]. The van der Waals surface area contributed by atoms with E-state index in [4.69, 9.17) is 18.6 Å². The van der Waals surface area contributed by atoms with Gasteiger partial charge in [-0.1, -0.05) is 53.1 Å². The number of rotatable bonds is 3. The number of phenols is 1. The molecule has 1 atom stereocenters. The van der Waals surface area contributed by atoms with Crippen LogP contribution in [0, 0.1) is 13.8 Å². The Morgan fingerprint density at radius 3 is 2.07 bits per heavy atom. The van der Waals surface area contributed by atoms with Crippen LogP contribution in [-0.4, -0.2) is 16.9 Å². The van der Waals surface area contributed by atoms with Gasteiger partial charge in [0.2, 0.25) is 0 Å². The fraction of sp³-hybridized carbons (Fsp3) is 0.435. The Morgan fingerprint density at radius 2 is 1.55 bits per heavy atom. The number of aromatic hydroxyl groups is 1. The van der Waals surface area contributed by atoms with Crippen LogP contribution in [0.15, 0.2) is 35.3 Å². The zero-order chi connectivity index (χ0) is 22.4. The molecule has 0 amide bonds. The third kappa shape index (κ3) is 9.11. The third-order valence-electron chi connectivity index (χ3n) is 4.23. The summed E-state index contributed by atoms with van der Waals surface area (Å²) in [7, 11) is 10.2. The predicted molar refractivity (Wildman–Crippen MR) is 129 cm³/mol. The van der Waals surface area contributed by atoms with Crippen LogP contribution in [0.4, 0.5) is 0 Å². The number of aliphatic imine (C=N–C) groups is 1. The van der Waals surface area contributed by atoms with Crippen molar-refractivity contribution in [3.8, 4) is 5.75 Å². The molecule has 2 rings (SSSR count). The van der Waals surface area contributed by atoms with E-state index in [9.17, 15) is 5.11 Å². The summed E-state index contributed by atoms with van der Waals surface area (Å²) in [6.45, 7) is 17.0. The van der Waals surface area contributed by atoms with Crippen LogP contribution in [0.25, 0.3) is 0 Å². The molecule has 0 heterocycles. The van der Waals surface area contributed by atoms with Crippen molar-refractivity contribution in [2.45, 2.75) is 66.3 Å². The Labute approximate surface area is 195 Å². The van der Waals surface area contributed by atoms with E-state index in [0.717, 1.165) is 16.4 Å². The van der Waals surface area contributed by atoms with Crippen LogP contribution >= 0.6 is 27.2 Å². The van der Waals surface area contributed by atoms with Crippen molar-refractivity contribution in [2.75, 3.05) is 0 Å². The van der Waals surface area contributed by atoms with E-state index in [2.05, 4.69) is 83.8 Å². The molecular weight excluding hydrogens is 456 g/mol. The number of hydrogen-bond acceptors (Lipinski definition) is 2. The topological polar surface area (TPSA) is 32.6 Å². The van der Waals surface area contributed by atoms with Crippen LogP contribution in [0.3, 0.4) is 0 Å². The molecule has 2 nitrogen and oxygen atoms in total. The molecule has 0 spiro atoms. The van der Waals surface area contributed by atoms with Crippen molar-refractivity contribution in [1.29, 1.82) is 0 Å². The molecule has 1 N–H and O–H groups in total. The Morgan fingerprint density at radius 1 is 0.966 bits per heavy atom. The first-order valence-corrected chi connectivity index (χ1v) is 14.8. The maximum atomic E-state index is 10.6. The molecule has 2 aromatic rings. The Kier molecular flexibility index (Phi) is 10.4. The zero-order valence-corrected chi connectivity index (χ0v) is 22.7. The minimum absolute atomic E-state index is 0.0570. The molecule has 6 heteroatoms. The fourth-order valence-corrected chi connectivity index (χ4v) is 3.90. The molecular formula is C23H32Cl2NOPTi. The number of halogens is 2. The van der Waals surface area contributed by atoms with Crippen LogP contribution in [-0.2, 0) is 22.4 Å². The van der Waals surface area contributed by atoms with Gasteiger partial charge in [0.1, 0.15) is 5.75 Å². The van der Waals surface area contributed by atoms with Gasteiger partial charge in [0.15, 0.2) is 0 Å². The number of phenolic OH excluding ortho intramolecular Hbond substituents is 1. The van der Waals surface area contributed by atoms with Crippen molar-refractivity contribution in [2.24, 2.45) is 4.99 Å². The number of hydrogen-bond donors (Lipinski definition) is 1. The molecule has 0 aliphatic carbocycles. The molecule has 158 valence electrons. The quantitative estimate of drug-likeness (QED) is 0.298. The van der Waals surface area contributed by atoms with Gasteiger partial charge in [-0.15, -0.1) is 0 Å². The number of nitrogens with zero attached hydrogens (tertiary/aromatic N) is 1. The van der Waals surface area contributed by atoms with Gasteiger partial charge in [0.05, 0.1) is 5.54 Å². The van der Waals surface area contributed by atoms with E-state index in [1.807, 2.05) is 13.1 Å². The van der Waals surface area contributed by atoms with Gasteiger partial charge in [-0.2, -0.15) is 0 Å². The minimum atomic E-state index is -0.556. The average molecular weight is 488 g/mol. The maximum absolute atomic E-state index is 10.6. The molecule has 0 radical (unpaired) electrons. The summed E-state index contributed by atoms with van der Waals surface area (Å²) in [6, 6.07) is 10.7. The first-order chi connectivity index (χ1) is 13.3. The van der Waals surface area contributed by atoms with Crippen LogP contribution in [0.2, 0.25) is 0 Å². The van der Waals surface area contributed by atoms with Gasteiger partial charge in [-0.25, -0.2) is 0 Å². The second-order valence-corrected chi connectivity index (χ2v) is 13.1. The predicted octanol–water partition coefficient (Wildman–Crippen LogP) is 6.53. The molecule has 0 bridgehead atoms. The van der Waals surface area contributed by atoms with E-state index in [1.54, 1.807) is 0 Å². The summed E-state index contributed by atoms with van der Waals surface area (Å²) in [5.74, 6) is 0.413. The molecule has 0 aliphatic heterocycles. The summed E-state index contributed by atoms with van der Waals surface area (Å²) < 4.78 is 0. The van der Waals surface area contributed by atoms with Crippen molar-refractivity contribution >= 4 is 44.0 Å².